The number of benzene rings is 1. The highest BCUT2D eigenvalue weighted by molar-refractivity contribution is 6.36. The average Bonchev–Trinajstić information content (AvgIpc) is 2.44. The van der Waals surface area contributed by atoms with E-state index in [0.29, 0.717) is 22.4 Å². The van der Waals surface area contributed by atoms with E-state index >= 15 is 0 Å². The van der Waals surface area contributed by atoms with Crippen LogP contribution in [0.3, 0.4) is 0 Å². The number of hydrogen-bond acceptors (Lipinski definition) is 3. The highest BCUT2D eigenvalue weighted by Crippen LogP contribution is 2.28. The van der Waals surface area contributed by atoms with Gasteiger partial charge in [-0.15, -0.1) is 0 Å². The van der Waals surface area contributed by atoms with Crippen molar-refractivity contribution >= 4 is 23.2 Å². The molecule has 1 aromatic rings. The smallest absolute Gasteiger partial charge is 0.162 e. The lowest BCUT2D eigenvalue weighted by molar-refractivity contribution is 0.323. The molecule has 5 heteroatoms. The molecule has 0 radical (unpaired) electrons. The van der Waals surface area contributed by atoms with Crippen LogP contribution in [0.2, 0.25) is 0 Å². The van der Waals surface area contributed by atoms with Gasteiger partial charge in [0.1, 0.15) is 6.61 Å². The molecule has 0 saturated carbocycles. The molecule has 0 heterocycles. The van der Waals surface area contributed by atoms with Gasteiger partial charge >= 0.3 is 0 Å². The van der Waals surface area contributed by atoms with Crippen LogP contribution in [0.15, 0.2) is 28.8 Å². The second-order valence-electron chi connectivity index (χ2n) is 4.85. The largest absolute Gasteiger partial charge is 0.493 e. The number of hydrogen-bond donors (Lipinski definition) is 1. The summed E-state index contributed by atoms with van der Waals surface area (Å²) >= 11 is 11.3. The van der Waals surface area contributed by atoms with E-state index < -0.39 is 0 Å². The number of rotatable bonds is 8. The summed E-state index contributed by atoms with van der Waals surface area (Å²) in [6.07, 6.45) is 0. The van der Waals surface area contributed by atoms with Crippen molar-refractivity contribution in [2.24, 2.45) is 5.92 Å². The second-order valence-corrected chi connectivity index (χ2v) is 5.56. The molecule has 0 aliphatic carbocycles. The first kappa shape index (κ1) is 17.2. The van der Waals surface area contributed by atoms with Gasteiger partial charge in [-0.1, -0.05) is 43.1 Å². The van der Waals surface area contributed by atoms with Crippen molar-refractivity contribution in [2.45, 2.75) is 20.4 Å². The van der Waals surface area contributed by atoms with Gasteiger partial charge in [-0.25, -0.2) is 0 Å². The van der Waals surface area contributed by atoms with E-state index in [4.69, 9.17) is 32.7 Å². The number of ether oxygens (including phenoxy) is 2. The third kappa shape index (κ3) is 6.04. The molecule has 0 saturated heterocycles. The van der Waals surface area contributed by atoms with Crippen molar-refractivity contribution in [1.82, 2.24) is 5.32 Å². The molecule has 0 spiro atoms. The quantitative estimate of drug-likeness (QED) is 0.781. The van der Waals surface area contributed by atoms with Crippen LogP contribution >= 0.6 is 23.2 Å². The molecule has 112 valence electrons. The maximum absolute atomic E-state index is 5.82. The number of methoxy groups -OCH3 is 1. The lowest BCUT2D eigenvalue weighted by Crippen LogP contribution is -2.18. The van der Waals surface area contributed by atoms with Gasteiger partial charge in [0, 0.05) is 12.1 Å². The molecular formula is C15H21Cl2NO2. The van der Waals surface area contributed by atoms with Gasteiger partial charge in [0.15, 0.2) is 11.5 Å². The summed E-state index contributed by atoms with van der Waals surface area (Å²) in [7, 11) is 1.61. The fourth-order valence-corrected chi connectivity index (χ4v) is 1.74. The summed E-state index contributed by atoms with van der Waals surface area (Å²) in [4.78, 5) is 0. The minimum absolute atomic E-state index is 0.226. The molecule has 1 rings (SSSR count). The monoisotopic (exact) mass is 317 g/mol. The zero-order valence-corrected chi connectivity index (χ0v) is 13.6. The van der Waals surface area contributed by atoms with Crippen LogP contribution in [0, 0.1) is 5.92 Å². The van der Waals surface area contributed by atoms with Gasteiger partial charge in [0.05, 0.1) is 12.1 Å². The molecule has 0 aliphatic heterocycles. The normalized spacial score (nSPS) is 11.8. The summed E-state index contributed by atoms with van der Waals surface area (Å²) in [5.74, 6) is 1.96. The van der Waals surface area contributed by atoms with E-state index in [9.17, 15) is 0 Å². The molecule has 0 fully saturated rings. The van der Waals surface area contributed by atoms with Gasteiger partial charge < -0.3 is 14.8 Å². The van der Waals surface area contributed by atoms with Crippen molar-refractivity contribution in [3.05, 3.63) is 34.3 Å². The standard InChI is InChI=1S/C15H21Cl2NO2/c1-11(2)8-18-9-12-4-5-14(19-3)15(6-12)20-10-13(17)7-16/h4-7,11,18H,8-10H2,1-3H3. The second kappa shape index (κ2) is 9.11. The zero-order chi connectivity index (χ0) is 15.0. The first-order chi connectivity index (χ1) is 9.56. The van der Waals surface area contributed by atoms with Gasteiger partial charge in [0.2, 0.25) is 0 Å². The highest BCUT2D eigenvalue weighted by atomic mass is 35.5. The molecular weight excluding hydrogens is 297 g/mol. The predicted molar refractivity (Wildman–Crippen MR) is 84.8 cm³/mol. The summed E-state index contributed by atoms with van der Waals surface area (Å²) in [6, 6.07) is 5.85. The highest BCUT2D eigenvalue weighted by Gasteiger charge is 2.07. The van der Waals surface area contributed by atoms with Crippen LogP contribution in [-0.2, 0) is 6.54 Å². The number of nitrogens with one attached hydrogen (secondary N) is 1. The van der Waals surface area contributed by atoms with Crippen molar-refractivity contribution in [2.75, 3.05) is 20.3 Å². The molecule has 0 aliphatic rings. The van der Waals surface area contributed by atoms with Crippen LogP contribution in [0.4, 0.5) is 0 Å². The van der Waals surface area contributed by atoms with E-state index in [1.54, 1.807) is 7.11 Å². The lowest BCUT2D eigenvalue weighted by atomic mass is 10.2. The van der Waals surface area contributed by atoms with Gasteiger partial charge in [-0.2, -0.15) is 0 Å². The zero-order valence-electron chi connectivity index (χ0n) is 12.1. The van der Waals surface area contributed by atoms with Crippen LogP contribution < -0.4 is 14.8 Å². The van der Waals surface area contributed by atoms with E-state index in [1.807, 2.05) is 18.2 Å². The maximum atomic E-state index is 5.82. The Morgan fingerprint density at radius 2 is 2.10 bits per heavy atom. The Bertz CT molecular complexity index is 447. The van der Waals surface area contributed by atoms with E-state index in [-0.39, 0.29) is 6.61 Å². The first-order valence-electron chi connectivity index (χ1n) is 6.52. The van der Waals surface area contributed by atoms with Crippen LogP contribution in [0.1, 0.15) is 19.4 Å². The Morgan fingerprint density at radius 3 is 2.70 bits per heavy atom. The van der Waals surface area contributed by atoms with Crippen molar-refractivity contribution in [3.8, 4) is 11.5 Å². The third-order valence-electron chi connectivity index (χ3n) is 2.59. The molecule has 3 nitrogen and oxygen atoms in total. The summed E-state index contributed by atoms with van der Waals surface area (Å²) in [5.41, 5.74) is 2.43. The maximum Gasteiger partial charge on any atom is 0.162 e. The van der Waals surface area contributed by atoms with E-state index in [0.717, 1.165) is 18.7 Å². The summed E-state index contributed by atoms with van der Waals surface area (Å²) in [5, 5.41) is 3.83. The Kier molecular flexibility index (Phi) is 7.82. The van der Waals surface area contributed by atoms with Gasteiger partial charge in [-0.3, -0.25) is 0 Å². The molecule has 1 N–H and O–H groups in total. The number of halogens is 2. The third-order valence-corrected chi connectivity index (χ3v) is 3.19. The van der Waals surface area contributed by atoms with Crippen molar-refractivity contribution in [1.29, 1.82) is 0 Å². The topological polar surface area (TPSA) is 30.5 Å². The predicted octanol–water partition coefficient (Wildman–Crippen LogP) is 4.14. The molecule has 20 heavy (non-hydrogen) atoms. The van der Waals surface area contributed by atoms with Crippen LogP contribution in [0.5, 0.6) is 11.5 Å². The van der Waals surface area contributed by atoms with Crippen LogP contribution in [0.25, 0.3) is 0 Å². The molecule has 0 unspecified atom stereocenters. The molecule has 0 bridgehead atoms. The SMILES string of the molecule is COc1ccc(CNCC(C)C)cc1OCC(Cl)=CCl. The van der Waals surface area contributed by atoms with Crippen LogP contribution in [-0.4, -0.2) is 20.3 Å². The van der Waals surface area contributed by atoms with E-state index in [2.05, 4.69) is 19.2 Å². The Morgan fingerprint density at radius 1 is 1.35 bits per heavy atom. The summed E-state index contributed by atoms with van der Waals surface area (Å²) in [6.45, 7) is 6.34. The molecule has 0 amide bonds. The summed E-state index contributed by atoms with van der Waals surface area (Å²) < 4.78 is 10.9. The van der Waals surface area contributed by atoms with Gasteiger partial charge in [0.25, 0.3) is 0 Å². The fourth-order valence-electron chi connectivity index (χ4n) is 1.63. The first-order valence-corrected chi connectivity index (χ1v) is 7.33. The Hall–Kier alpha value is -0.900. The molecule has 0 aromatic heterocycles. The molecule has 1 aromatic carbocycles. The fraction of sp³-hybridized carbons (Fsp3) is 0.467. The van der Waals surface area contributed by atoms with Crippen molar-refractivity contribution < 1.29 is 9.47 Å². The molecule has 0 atom stereocenters. The Labute approximate surface area is 130 Å². The minimum atomic E-state index is 0.226. The Balaban J connectivity index is 2.69. The minimum Gasteiger partial charge on any atom is -0.493 e. The van der Waals surface area contributed by atoms with E-state index in [1.165, 1.54) is 5.54 Å². The lowest BCUT2D eigenvalue weighted by Gasteiger charge is -2.13. The average molecular weight is 318 g/mol. The van der Waals surface area contributed by atoms with Crippen molar-refractivity contribution in [3.63, 3.8) is 0 Å². The van der Waals surface area contributed by atoms with Gasteiger partial charge in [-0.05, 0) is 30.2 Å².